The molecular weight excluding hydrogens is 242 g/mol. The Morgan fingerprint density at radius 2 is 2.32 bits per heavy atom. The number of methoxy groups -OCH3 is 1. The first kappa shape index (κ1) is 12.7. The Balaban J connectivity index is 1.71. The number of carbonyl (C=O) groups excluding carboxylic acids is 1. The molecule has 2 heterocycles. The standard InChI is InChI=1S/C14H21N3O2/c1-10(14(19-2)6-4-7-14)16-13(18)11-9-15-17-8-3-5-12(11)17/h9-10H,3-8H2,1-2H3,(H,16,18). The minimum atomic E-state index is -0.161. The van der Waals surface area contributed by atoms with Crippen molar-refractivity contribution in [2.45, 2.75) is 57.2 Å². The van der Waals surface area contributed by atoms with Crippen LogP contribution in [0.3, 0.4) is 0 Å². The molecular formula is C14H21N3O2. The number of amides is 1. The fraction of sp³-hybridized carbons (Fsp3) is 0.714. The summed E-state index contributed by atoms with van der Waals surface area (Å²) in [5.41, 5.74) is 1.64. The van der Waals surface area contributed by atoms with Crippen LogP contribution < -0.4 is 5.32 Å². The number of rotatable bonds is 4. The van der Waals surface area contributed by atoms with E-state index in [2.05, 4.69) is 10.4 Å². The Bertz CT molecular complexity index is 485. The molecule has 1 aliphatic heterocycles. The van der Waals surface area contributed by atoms with Crippen molar-refractivity contribution in [3.8, 4) is 0 Å². The number of hydrogen-bond donors (Lipinski definition) is 1. The summed E-state index contributed by atoms with van der Waals surface area (Å²) in [6.07, 6.45) is 6.95. The summed E-state index contributed by atoms with van der Waals surface area (Å²) >= 11 is 0. The van der Waals surface area contributed by atoms with Crippen LogP contribution in [0.25, 0.3) is 0 Å². The zero-order valence-corrected chi connectivity index (χ0v) is 11.6. The number of hydrogen-bond acceptors (Lipinski definition) is 3. The third-order valence-corrected chi connectivity index (χ3v) is 4.72. The Morgan fingerprint density at radius 1 is 1.53 bits per heavy atom. The van der Waals surface area contributed by atoms with E-state index in [-0.39, 0.29) is 17.6 Å². The molecule has 0 radical (unpaired) electrons. The first-order valence-corrected chi connectivity index (χ1v) is 7.07. The van der Waals surface area contributed by atoms with Crippen molar-refractivity contribution in [1.29, 1.82) is 0 Å². The topological polar surface area (TPSA) is 56.1 Å². The van der Waals surface area contributed by atoms with Crippen LogP contribution in [0.1, 0.15) is 48.7 Å². The van der Waals surface area contributed by atoms with Crippen molar-refractivity contribution in [2.75, 3.05) is 7.11 Å². The molecule has 0 aromatic carbocycles. The van der Waals surface area contributed by atoms with Gasteiger partial charge in [0.25, 0.3) is 5.91 Å². The highest BCUT2D eigenvalue weighted by atomic mass is 16.5. The molecule has 1 fully saturated rings. The van der Waals surface area contributed by atoms with Crippen molar-refractivity contribution in [3.63, 3.8) is 0 Å². The van der Waals surface area contributed by atoms with Gasteiger partial charge in [0.2, 0.25) is 0 Å². The summed E-state index contributed by atoms with van der Waals surface area (Å²) in [5.74, 6) is -0.0148. The minimum Gasteiger partial charge on any atom is -0.376 e. The van der Waals surface area contributed by atoms with E-state index in [4.69, 9.17) is 4.74 Å². The van der Waals surface area contributed by atoms with Gasteiger partial charge in [-0.25, -0.2) is 0 Å². The minimum absolute atomic E-state index is 0.0148. The molecule has 5 nitrogen and oxygen atoms in total. The van der Waals surface area contributed by atoms with Crippen LogP contribution in [0.4, 0.5) is 0 Å². The van der Waals surface area contributed by atoms with Crippen LogP contribution in [0.5, 0.6) is 0 Å². The van der Waals surface area contributed by atoms with Crippen molar-refractivity contribution in [1.82, 2.24) is 15.1 Å². The molecule has 1 saturated carbocycles. The number of carbonyl (C=O) groups is 1. The molecule has 0 bridgehead atoms. The van der Waals surface area contributed by atoms with E-state index in [0.717, 1.165) is 43.5 Å². The molecule has 0 saturated heterocycles. The van der Waals surface area contributed by atoms with Crippen LogP contribution in [-0.2, 0) is 17.7 Å². The summed E-state index contributed by atoms with van der Waals surface area (Å²) in [6.45, 7) is 2.96. The Labute approximate surface area is 113 Å². The maximum Gasteiger partial charge on any atom is 0.255 e. The summed E-state index contributed by atoms with van der Waals surface area (Å²) in [7, 11) is 1.74. The van der Waals surface area contributed by atoms with Crippen molar-refractivity contribution < 1.29 is 9.53 Å². The Kier molecular flexibility index (Phi) is 3.09. The number of nitrogens with zero attached hydrogens (tertiary/aromatic N) is 2. The van der Waals surface area contributed by atoms with Crippen molar-refractivity contribution >= 4 is 5.91 Å². The van der Waals surface area contributed by atoms with Crippen LogP contribution in [-0.4, -0.2) is 34.4 Å². The molecule has 5 heteroatoms. The van der Waals surface area contributed by atoms with E-state index >= 15 is 0 Å². The largest absolute Gasteiger partial charge is 0.376 e. The van der Waals surface area contributed by atoms with Crippen LogP contribution in [0.2, 0.25) is 0 Å². The molecule has 1 aromatic rings. The summed E-state index contributed by atoms with van der Waals surface area (Å²) in [4.78, 5) is 12.4. The average molecular weight is 263 g/mol. The van der Waals surface area contributed by atoms with Gasteiger partial charge in [0.05, 0.1) is 29.1 Å². The molecule has 1 aromatic heterocycles. The van der Waals surface area contributed by atoms with Gasteiger partial charge in [0, 0.05) is 13.7 Å². The van der Waals surface area contributed by atoms with Gasteiger partial charge in [-0.15, -0.1) is 0 Å². The van der Waals surface area contributed by atoms with Gasteiger partial charge in [0.15, 0.2) is 0 Å². The second kappa shape index (κ2) is 4.63. The monoisotopic (exact) mass is 263 g/mol. The van der Waals surface area contributed by atoms with Crippen molar-refractivity contribution in [3.05, 3.63) is 17.5 Å². The highest BCUT2D eigenvalue weighted by Gasteiger charge is 2.43. The Morgan fingerprint density at radius 3 is 2.95 bits per heavy atom. The molecule has 1 N–H and O–H groups in total. The number of aryl methyl sites for hydroxylation is 1. The van der Waals surface area contributed by atoms with E-state index < -0.39 is 0 Å². The van der Waals surface area contributed by atoms with E-state index in [9.17, 15) is 4.79 Å². The molecule has 3 rings (SSSR count). The molecule has 2 aliphatic rings. The number of nitrogens with one attached hydrogen (secondary N) is 1. The van der Waals surface area contributed by atoms with Gasteiger partial charge < -0.3 is 10.1 Å². The van der Waals surface area contributed by atoms with E-state index in [1.807, 2.05) is 11.6 Å². The SMILES string of the molecule is COC1(C(C)NC(=O)c2cnn3c2CCC3)CCC1. The Hall–Kier alpha value is -1.36. The molecule has 104 valence electrons. The number of aromatic nitrogens is 2. The lowest BCUT2D eigenvalue weighted by Crippen LogP contribution is -2.56. The fourth-order valence-corrected chi connectivity index (χ4v) is 3.20. The van der Waals surface area contributed by atoms with Crippen LogP contribution in [0.15, 0.2) is 6.20 Å². The van der Waals surface area contributed by atoms with Gasteiger partial charge in [-0.2, -0.15) is 5.10 Å². The molecule has 1 atom stereocenters. The van der Waals surface area contributed by atoms with Crippen LogP contribution in [0, 0.1) is 0 Å². The third-order valence-electron chi connectivity index (χ3n) is 4.72. The molecule has 19 heavy (non-hydrogen) atoms. The molecule has 1 unspecified atom stereocenters. The summed E-state index contributed by atoms with van der Waals surface area (Å²) in [6, 6.07) is 0.0377. The van der Waals surface area contributed by atoms with Gasteiger partial charge in [-0.1, -0.05) is 0 Å². The van der Waals surface area contributed by atoms with Crippen molar-refractivity contribution in [2.24, 2.45) is 0 Å². The predicted octanol–water partition coefficient (Wildman–Crippen LogP) is 1.52. The smallest absolute Gasteiger partial charge is 0.255 e. The highest BCUT2D eigenvalue weighted by Crippen LogP contribution is 2.38. The molecule has 1 amide bonds. The zero-order valence-electron chi connectivity index (χ0n) is 11.6. The van der Waals surface area contributed by atoms with E-state index in [1.54, 1.807) is 13.3 Å². The van der Waals surface area contributed by atoms with E-state index in [1.165, 1.54) is 6.42 Å². The first-order valence-electron chi connectivity index (χ1n) is 7.07. The second-order valence-corrected chi connectivity index (χ2v) is 5.65. The third kappa shape index (κ3) is 1.96. The normalized spacial score (nSPS) is 21.6. The average Bonchev–Trinajstić information content (AvgIpc) is 2.88. The van der Waals surface area contributed by atoms with Crippen LogP contribution >= 0.6 is 0 Å². The zero-order chi connectivity index (χ0) is 13.5. The predicted molar refractivity (Wildman–Crippen MR) is 71.1 cm³/mol. The summed E-state index contributed by atoms with van der Waals surface area (Å²) < 4.78 is 7.55. The number of ether oxygens (including phenoxy) is 1. The quantitative estimate of drug-likeness (QED) is 0.896. The van der Waals surface area contributed by atoms with Gasteiger partial charge in [-0.3, -0.25) is 9.48 Å². The lowest BCUT2D eigenvalue weighted by Gasteiger charge is -2.45. The second-order valence-electron chi connectivity index (χ2n) is 5.65. The maximum atomic E-state index is 12.4. The first-order chi connectivity index (χ1) is 9.16. The highest BCUT2D eigenvalue weighted by molar-refractivity contribution is 5.95. The maximum absolute atomic E-state index is 12.4. The van der Waals surface area contributed by atoms with Gasteiger partial charge in [-0.05, 0) is 39.0 Å². The number of fused-ring (bicyclic) bond motifs is 1. The molecule has 0 spiro atoms. The lowest BCUT2D eigenvalue weighted by atomic mass is 9.75. The summed E-state index contributed by atoms with van der Waals surface area (Å²) in [5, 5.41) is 7.35. The van der Waals surface area contributed by atoms with E-state index in [0.29, 0.717) is 0 Å². The van der Waals surface area contributed by atoms with Gasteiger partial charge >= 0.3 is 0 Å². The lowest BCUT2D eigenvalue weighted by molar-refractivity contribution is -0.0919. The van der Waals surface area contributed by atoms with Gasteiger partial charge in [0.1, 0.15) is 0 Å². The fourth-order valence-electron chi connectivity index (χ4n) is 3.20. The molecule has 1 aliphatic carbocycles.